The number of ether oxygens (including phenoxy) is 2. The molecule has 0 fully saturated rings. The second kappa shape index (κ2) is 4.84. The molecule has 5 nitrogen and oxygen atoms in total. The maximum atomic E-state index is 5.73. The summed E-state index contributed by atoms with van der Waals surface area (Å²) in [5, 5.41) is 0.338. The van der Waals surface area contributed by atoms with Gasteiger partial charge in [0.1, 0.15) is 11.6 Å². The van der Waals surface area contributed by atoms with Gasteiger partial charge in [-0.2, -0.15) is 4.98 Å². The third kappa shape index (κ3) is 3.04. The summed E-state index contributed by atoms with van der Waals surface area (Å²) in [6.07, 6.45) is 1.39. The van der Waals surface area contributed by atoms with E-state index in [9.17, 15) is 0 Å². The Balaban J connectivity index is 2.59. The Morgan fingerprint density at radius 1 is 1.54 bits per heavy atom. The van der Waals surface area contributed by atoms with E-state index in [1.807, 2.05) is 0 Å². The first-order chi connectivity index (χ1) is 6.24. The minimum absolute atomic E-state index is 0.136. The van der Waals surface area contributed by atoms with E-state index in [4.69, 9.17) is 26.8 Å². The van der Waals surface area contributed by atoms with Crippen molar-refractivity contribution in [1.82, 2.24) is 9.97 Å². The second-order valence-corrected chi connectivity index (χ2v) is 2.63. The van der Waals surface area contributed by atoms with E-state index < -0.39 is 0 Å². The Bertz CT molecular complexity index is 282. The molecule has 0 saturated heterocycles. The Morgan fingerprint density at radius 3 is 3.00 bits per heavy atom. The van der Waals surface area contributed by atoms with Gasteiger partial charge in [0, 0.05) is 7.11 Å². The third-order valence-electron chi connectivity index (χ3n) is 1.26. The largest absolute Gasteiger partial charge is 0.474 e. The topological polar surface area (TPSA) is 70.3 Å². The second-order valence-electron chi connectivity index (χ2n) is 2.22. The van der Waals surface area contributed by atoms with Crippen LogP contribution in [0.2, 0.25) is 5.02 Å². The highest BCUT2D eigenvalue weighted by Crippen LogP contribution is 2.20. The number of nitrogen functional groups attached to an aromatic ring is 1. The average Bonchev–Trinajstić information content (AvgIpc) is 2.11. The standard InChI is InChI=1S/C7H10ClN3O2/c1-12-2-3-13-6-5(8)4-10-7(9)11-6/h4H,2-3H2,1H3,(H2,9,10,11). The molecule has 0 saturated carbocycles. The first-order valence-electron chi connectivity index (χ1n) is 3.64. The summed E-state index contributed by atoms with van der Waals surface area (Å²) in [5.74, 6) is 0.419. The summed E-state index contributed by atoms with van der Waals surface area (Å²) < 4.78 is 9.96. The molecule has 0 radical (unpaired) electrons. The highest BCUT2D eigenvalue weighted by atomic mass is 35.5. The van der Waals surface area contributed by atoms with Gasteiger partial charge in [0.25, 0.3) is 0 Å². The van der Waals surface area contributed by atoms with Crippen LogP contribution in [0.1, 0.15) is 0 Å². The Hall–Kier alpha value is -1.07. The molecular weight excluding hydrogens is 194 g/mol. The van der Waals surface area contributed by atoms with Crippen molar-refractivity contribution in [2.45, 2.75) is 0 Å². The Morgan fingerprint density at radius 2 is 2.31 bits per heavy atom. The van der Waals surface area contributed by atoms with Crippen molar-refractivity contribution >= 4 is 17.5 Å². The van der Waals surface area contributed by atoms with Crippen LogP contribution in [0.25, 0.3) is 0 Å². The number of methoxy groups -OCH3 is 1. The van der Waals surface area contributed by atoms with E-state index >= 15 is 0 Å². The van der Waals surface area contributed by atoms with Gasteiger partial charge < -0.3 is 15.2 Å². The van der Waals surface area contributed by atoms with Crippen LogP contribution in [-0.2, 0) is 4.74 Å². The van der Waals surface area contributed by atoms with Gasteiger partial charge in [-0.3, -0.25) is 0 Å². The number of rotatable bonds is 4. The molecule has 2 N–H and O–H groups in total. The van der Waals surface area contributed by atoms with E-state index in [0.29, 0.717) is 18.2 Å². The molecule has 0 bridgehead atoms. The van der Waals surface area contributed by atoms with Gasteiger partial charge in [0.05, 0.1) is 12.8 Å². The number of halogens is 1. The molecule has 1 heterocycles. The van der Waals surface area contributed by atoms with E-state index in [1.54, 1.807) is 7.11 Å². The van der Waals surface area contributed by atoms with Crippen molar-refractivity contribution in [2.24, 2.45) is 0 Å². The van der Waals surface area contributed by atoms with Gasteiger partial charge in [-0.15, -0.1) is 0 Å². The lowest BCUT2D eigenvalue weighted by Crippen LogP contribution is -2.07. The first-order valence-corrected chi connectivity index (χ1v) is 4.01. The normalized spacial score (nSPS) is 10.0. The third-order valence-corrected chi connectivity index (χ3v) is 1.52. The predicted octanol–water partition coefficient (Wildman–Crippen LogP) is 0.737. The van der Waals surface area contributed by atoms with Crippen molar-refractivity contribution < 1.29 is 9.47 Å². The Kier molecular flexibility index (Phi) is 3.72. The van der Waals surface area contributed by atoms with Crippen molar-refractivity contribution in [1.29, 1.82) is 0 Å². The monoisotopic (exact) mass is 203 g/mol. The molecule has 0 aliphatic heterocycles. The highest BCUT2D eigenvalue weighted by molar-refractivity contribution is 6.31. The zero-order valence-electron chi connectivity index (χ0n) is 7.16. The summed E-state index contributed by atoms with van der Waals surface area (Å²) in [7, 11) is 1.58. The number of nitrogens with two attached hydrogens (primary N) is 1. The molecule has 72 valence electrons. The van der Waals surface area contributed by atoms with Crippen LogP contribution in [0, 0.1) is 0 Å². The molecule has 6 heteroatoms. The fourth-order valence-corrected chi connectivity index (χ4v) is 0.833. The summed E-state index contributed by atoms with van der Waals surface area (Å²) in [5.41, 5.74) is 5.34. The molecule has 1 aromatic rings. The lowest BCUT2D eigenvalue weighted by Gasteiger charge is -2.05. The van der Waals surface area contributed by atoms with E-state index in [0.717, 1.165) is 0 Å². The summed E-state index contributed by atoms with van der Waals surface area (Å²) in [6, 6.07) is 0. The van der Waals surface area contributed by atoms with Crippen LogP contribution in [0.15, 0.2) is 6.20 Å². The molecule has 13 heavy (non-hydrogen) atoms. The quantitative estimate of drug-likeness (QED) is 0.731. The Labute approximate surface area is 80.8 Å². The SMILES string of the molecule is COCCOc1nc(N)ncc1Cl. The number of aromatic nitrogens is 2. The van der Waals surface area contributed by atoms with Crippen LogP contribution in [0.4, 0.5) is 5.95 Å². The summed E-state index contributed by atoms with van der Waals surface area (Å²) in [6.45, 7) is 0.854. The van der Waals surface area contributed by atoms with Crippen LogP contribution < -0.4 is 10.5 Å². The minimum Gasteiger partial charge on any atom is -0.474 e. The van der Waals surface area contributed by atoms with Gasteiger partial charge in [-0.05, 0) is 0 Å². The lowest BCUT2D eigenvalue weighted by molar-refractivity contribution is 0.144. The van der Waals surface area contributed by atoms with Crippen LogP contribution in [0.3, 0.4) is 0 Å². The molecule has 0 aliphatic carbocycles. The van der Waals surface area contributed by atoms with Gasteiger partial charge >= 0.3 is 0 Å². The number of anilines is 1. The molecule has 1 rings (SSSR count). The lowest BCUT2D eigenvalue weighted by atomic mass is 10.6. The molecule has 0 aromatic carbocycles. The van der Waals surface area contributed by atoms with Crippen molar-refractivity contribution in [3.8, 4) is 5.88 Å². The molecule has 0 unspecified atom stereocenters. The maximum absolute atomic E-state index is 5.73. The predicted molar refractivity (Wildman–Crippen MR) is 48.8 cm³/mol. The van der Waals surface area contributed by atoms with Gasteiger partial charge in [-0.1, -0.05) is 11.6 Å². The number of hydrogen-bond donors (Lipinski definition) is 1. The molecule has 0 atom stereocenters. The van der Waals surface area contributed by atoms with Crippen LogP contribution in [-0.4, -0.2) is 30.3 Å². The average molecular weight is 204 g/mol. The minimum atomic E-state index is 0.136. The molecule has 0 amide bonds. The maximum Gasteiger partial charge on any atom is 0.237 e. The zero-order valence-corrected chi connectivity index (χ0v) is 7.91. The van der Waals surface area contributed by atoms with E-state index in [1.165, 1.54) is 6.20 Å². The smallest absolute Gasteiger partial charge is 0.237 e. The molecule has 1 aromatic heterocycles. The summed E-state index contributed by atoms with van der Waals surface area (Å²) in [4.78, 5) is 7.49. The molecular formula is C7H10ClN3O2. The highest BCUT2D eigenvalue weighted by Gasteiger charge is 2.03. The fourth-order valence-electron chi connectivity index (χ4n) is 0.687. The van der Waals surface area contributed by atoms with Crippen molar-refractivity contribution in [2.75, 3.05) is 26.1 Å². The first kappa shape index (κ1) is 10.0. The van der Waals surface area contributed by atoms with Gasteiger partial charge in [0.15, 0.2) is 0 Å². The fraction of sp³-hybridized carbons (Fsp3) is 0.429. The zero-order chi connectivity index (χ0) is 9.68. The van der Waals surface area contributed by atoms with E-state index in [2.05, 4.69) is 9.97 Å². The van der Waals surface area contributed by atoms with Crippen molar-refractivity contribution in [3.63, 3.8) is 0 Å². The van der Waals surface area contributed by atoms with Crippen molar-refractivity contribution in [3.05, 3.63) is 11.2 Å². The van der Waals surface area contributed by atoms with Crippen LogP contribution >= 0.6 is 11.6 Å². The van der Waals surface area contributed by atoms with Gasteiger partial charge in [0.2, 0.25) is 11.8 Å². The van der Waals surface area contributed by atoms with Gasteiger partial charge in [-0.25, -0.2) is 4.98 Å². The van der Waals surface area contributed by atoms with Crippen LogP contribution in [0.5, 0.6) is 5.88 Å². The van der Waals surface area contributed by atoms with E-state index in [-0.39, 0.29) is 11.8 Å². The summed E-state index contributed by atoms with van der Waals surface area (Å²) >= 11 is 5.73. The molecule has 0 spiro atoms. The number of nitrogens with zero attached hydrogens (tertiary/aromatic N) is 2. The number of hydrogen-bond acceptors (Lipinski definition) is 5. The molecule has 0 aliphatic rings.